The first-order valence-electron chi connectivity index (χ1n) is 18.8. The zero-order valence-electron chi connectivity index (χ0n) is 29.8. The molecule has 3 heterocycles. The average Bonchev–Trinajstić information content (AvgIpc) is 3.90. The summed E-state index contributed by atoms with van der Waals surface area (Å²) < 4.78 is 11.0. The Morgan fingerprint density at radius 3 is 1.69 bits per heavy atom. The molecule has 0 spiro atoms. The Kier molecular flexibility index (Phi) is 6.34. The van der Waals surface area contributed by atoms with Gasteiger partial charge in [-0.3, -0.25) is 0 Å². The minimum Gasteiger partial charge on any atom is -0.456 e. The lowest BCUT2D eigenvalue weighted by Crippen LogP contribution is -1.96. The number of rotatable bonds is 4. The molecule has 3 nitrogen and oxygen atoms in total. The first-order chi connectivity index (χ1) is 27.3. The molecule has 3 aromatic heterocycles. The summed E-state index contributed by atoms with van der Waals surface area (Å²) in [6.07, 6.45) is 0. The van der Waals surface area contributed by atoms with Crippen molar-refractivity contribution in [2.75, 3.05) is 0 Å². The first-order valence-corrected chi connectivity index (χ1v) is 18.8. The number of hydrogen-bond acceptors (Lipinski definition) is 1. The van der Waals surface area contributed by atoms with E-state index in [2.05, 4.69) is 191 Å². The molecule has 0 N–H and O–H groups in total. The summed E-state index contributed by atoms with van der Waals surface area (Å²) in [5.74, 6) is 0. The first kappa shape index (κ1) is 30.1. The highest BCUT2D eigenvalue weighted by Gasteiger charge is 2.18. The summed E-state index contributed by atoms with van der Waals surface area (Å²) in [4.78, 5) is 0. The minimum atomic E-state index is 0.910. The topological polar surface area (TPSA) is 23.0 Å². The van der Waals surface area contributed by atoms with Crippen LogP contribution in [0.4, 0.5) is 0 Å². The second-order valence-electron chi connectivity index (χ2n) is 14.5. The lowest BCUT2D eigenvalue weighted by molar-refractivity contribution is 0.669. The maximum atomic E-state index is 6.18. The van der Waals surface area contributed by atoms with E-state index in [0.29, 0.717) is 0 Å². The predicted octanol–water partition coefficient (Wildman–Crippen LogP) is 14.3. The molecule has 0 fully saturated rings. The molecule has 256 valence electrons. The number of nitrogens with zero attached hydrogens (tertiary/aromatic N) is 2. The van der Waals surface area contributed by atoms with Crippen molar-refractivity contribution in [2.24, 2.45) is 0 Å². The summed E-state index contributed by atoms with van der Waals surface area (Å²) >= 11 is 0. The second-order valence-corrected chi connectivity index (χ2v) is 14.5. The van der Waals surface area contributed by atoms with Gasteiger partial charge in [-0.1, -0.05) is 127 Å². The SMILES string of the molecule is c1ccc(-n2c3ccccc3c3cc(-c4ccc5c6ccccc6n(-c6ccc(-c7ccc8oc9ccccc9c8c7)c7ccccc67)c5c4)ccc32)cc1. The minimum absolute atomic E-state index is 0.910. The van der Waals surface area contributed by atoms with Crippen LogP contribution in [0.25, 0.3) is 110 Å². The van der Waals surface area contributed by atoms with Gasteiger partial charge in [-0.05, 0) is 94.4 Å². The molecule has 12 aromatic rings. The van der Waals surface area contributed by atoms with Crippen LogP contribution in [-0.4, -0.2) is 9.13 Å². The van der Waals surface area contributed by atoms with Crippen LogP contribution in [0.2, 0.25) is 0 Å². The van der Waals surface area contributed by atoms with E-state index in [1.807, 2.05) is 12.1 Å². The fourth-order valence-corrected chi connectivity index (χ4v) is 9.04. The van der Waals surface area contributed by atoms with Crippen molar-refractivity contribution in [3.8, 4) is 33.6 Å². The third kappa shape index (κ3) is 4.44. The van der Waals surface area contributed by atoms with E-state index in [1.165, 1.54) is 88.0 Å². The molecule has 0 aliphatic rings. The van der Waals surface area contributed by atoms with Crippen molar-refractivity contribution in [3.63, 3.8) is 0 Å². The summed E-state index contributed by atoms with van der Waals surface area (Å²) in [5.41, 5.74) is 13.7. The molecule has 0 atom stereocenters. The molecule has 0 aliphatic heterocycles. The quantitative estimate of drug-likeness (QED) is 0.179. The molecule has 0 bridgehead atoms. The Hall–Kier alpha value is -7.36. The van der Waals surface area contributed by atoms with Gasteiger partial charge in [-0.25, -0.2) is 0 Å². The molecule has 0 amide bonds. The molecule has 12 rings (SSSR count). The van der Waals surface area contributed by atoms with Gasteiger partial charge in [0.05, 0.1) is 27.8 Å². The standard InChI is InChI=1S/C52H32N2O/c1-2-12-36(13-3-1)53-46-19-9-7-17-41(46)44-30-33(23-27-49(44)53)34-22-25-42-40-16-6-10-20-47(40)54(50(42)32-34)48-28-26-37(38-14-4-5-15-39(38)48)35-24-29-52-45(31-35)43-18-8-11-21-51(43)55-52/h1-32H. The average molecular weight is 701 g/mol. The number of para-hydroxylation sites is 4. The van der Waals surface area contributed by atoms with Crippen molar-refractivity contribution in [2.45, 2.75) is 0 Å². The molecule has 55 heavy (non-hydrogen) atoms. The Labute approximate surface area is 316 Å². The maximum Gasteiger partial charge on any atom is 0.135 e. The molecular weight excluding hydrogens is 669 g/mol. The van der Waals surface area contributed by atoms with Crippen LogP contribution in [0.5, 0.6) is 0 Å². The predicted molar refractivity (Wildman–Crippen MR) is 231 cm³/mol. The van der Waals surface area contributed by atoms with Crippen molar-refractivity contribution in [3.05, 3.63) is 194 Å². The molecule has 0 saturated carbocycles. The molecule has 0 aliphatic carbocycles. The molecule has 0 saturated heterocycles. The number of hydrogen-bond donors (Lipinski definition) is 0. The number of fused-ring (bicyclic) bond motifs is 10. The van der Waals surface area contributed by atoms with E-state index in [4.69, 9.17) is 4.42 Å². The smallest absolute Gasteiger partial charge is 0.135 e. The van der Waals surface area contributed by atoms with Gasteiger partial charge >= 0.3 is 0 Å². The van der Waals surface area contributed by atoms with E-state index < -0.39 is 0 Å². The van der Waals surface area contributed by atoms with Gasteiger partial charge in [0.1, 0.15) is 11.2 Å². The highest BCUT2D eigenvalue weighted by molar-refractivity contribution is 6.14. The Morgan fingerprint density at radius 2 is 0.855 bits per heavy atom. The Bertz CT molecular complexity index is 3490. The highest BCUT2D eigenvalue weighted by atomic mass is 16.3. The van der Waals surface area contributed by atoms with E-state index in [-0.39, 0.29) is 0 Å². The fourth-order valence-electron chi connectivity index (χ4n) is 9.04. The zero-order valence-corrected chi connectivity index (χ0v) is 29.8. The molecule has 0 radical (unpaired) electrons. The number of furan rings is 1. The van der Waals surface area contributed by atoms with Gasteiger partial charge < -0.3 is 13.6 Å². The van der Waals surface area contributed by atoms with E-state index in [9.17, 15) is 0 Å². The highest BCUT2D eigenvalue weighted by Crippen LogP contribution is 2.41. The second kappa shape index (κ2) is 11.6. The van der Waals surface area contributed by atoms with Gasteiger partial charge in [0.25, 0.3) is 0 Å². The van der Waals surface area contributed by atoms with Gasteiger partial charge in [-0.2, -0.15) is 0 Å². The Balaban J connectivity index is 1.06. The van der Waals surface area contributed by atoms with Crippen LogP contribution in [0.3, 0.4) is 0 Å². The monoisotopic (exact) mass is 700 g/mol. The number of benzene rings is 9. The lowest BCUT2D eigenvalue weighted by atomic mass is 9.95. The lowest BCUT2D eigenvalue weighted by Gasteiger charge is -2.15. The van der Waals surface area contributed by atoms with Crippen LogP contribution >= 0.6 is 0 Å². The van der Waals surface area contributed by atoms with Crippen LogP contribution in [0.15, 0.2) is 199 Å². The summed E-state index contributed by atoms with van der Waals surface area (Å²) in [6, 6.07) is 70.4. The van der Waals surface area contributed by atoms with Gasteiger partial charge in [0.15, 0.2) is 0 Å². The van der Waals surface area contributed by atoms with Crippen molar-refractivity contribution >= 4 is 76.3 Å². The zero-order chi connectivity index (χ0) is 36.0. The normalized spacial score (nSPS) is 12.0. The van der Waals surface area contributed by atoms with E-state index in [0.717, 1.165) is 21.9 Å². The van der Waals surface area contributed by atoms with Crippen LogP contribution in [0, 0.1) is 0 Å². The van der Waals surface area contributed by atoms with Crippen LogP contribution in [-0.2, 0) is 0 Å². The largest absolute Gasteiger partial charge is 0.456 e. The third-order valence-corrected chi connectivity index (χ3v) is 11.5. The summed E-state index contributed by atoms with van der Waals surface area (Å²) in [5, 5.41) is 9.70. The van der Waals surface area contributed by atoms with Crippen LogP contribution < -0.4 is 0 Å². The fraction of sp³-hybridized carbons (Fsp3) is 0. The van der Waals surface area contributed by atoms with Gasteiger partial charge in [-0.15, -0.1) is 0 Å². The van der Waals surface area contributed by atoms with Crippen molar-refractivity contribution in [1.82, 2.24) is 9.13 Å². The van der Waals surface area contributed by atoms with E-state index >= 15 is 0 Å². The molecule has 9 aromatic carbocycles. The number of aromatic nitrogens is 2. The van der Waals surface area contributed by atoms with E-state index in [1.54, 1.807) is 0 Å². The maximum absolute atomic E-state index is 6.18. The van der Waals surface area contributed by atoms with Crippen molar-refractivity contribution in [1.29, 1.82) is 0 Å². The summed E-state index contributed by atoms with van der Waals surface area (Å²) in [6.45, 7) is 0. The molecule has 0 unspecified atom stereocenters. The van der Waals surface area contributed by atoms with Gasteiger partial charge in [0, 0.05) is 43.4 Å². The summed E-state index contributed by atoms with van der Waals surface area (Å²) in [7, 11) is 0. The molecular formula is C52H32N2O. The van der Waals surface area contributed by atoms with Crippen LogP contribution in [0.1, 0.15) is 0 Å². The van der Waals surface area contributed by atoms with Gasteiger partial charge in [0.2, 0.25) is 0 Å². The Morgan fingerprint density at radius 1 is 0.291 bits per heavy atom. The van der Waals surface area contributed by atoms with Crippen molar-refractivity contribution < 1.29 is 4.42 Å². The third-order valence-electron chi connectivity index (χ3n) is 11.5. The molecule has 3 heteroatoms.